The van der Waals surface area contributed by atoms with Crippen molar-refractivity contribution < 1.29 is 34.8 Å². The van der Waals surface area contributed by atoms with Crippen LogP contribution >= 0.6 is 0 Å². The van der Waals surface area contributed by atoms with Crippen LogP contribution in [0.1, 0.15) is 0 Å². The molecule has 0 rings (SSSR count). The van der Waals surface area contributed by atoms with Gasteiger partial charge in [0.2, 0.25) is 0 Å². The molecule has 8 heavy (non-hydrogen) atoms. The van der Waals surface area contributed by atoms with Gasteiger partial charge in [-0.15, -0.1) is 0 Å². The van der Waals surface area contributed by atoms with Crippen molar-refractivity contribution >= 4 is 11.0 Å². The Hall–Kier alpha value is 0.720. The minimum Gasteiger partial charge on any atom is -0.400 e. The average Bonchev–Trinajstić information content (AvgIpc) is 1.81. The zero-order valence-corrected chi connectivity index (χ0v) is 6.43. The summed E-state index contributed by atoms with van der Waals surface area (Å²) in [7, 11) is 3.00. The summed E-state index contributed by atoms with van der Waals surface area (Å²) in [6.45, 7) is 0. The van der Waals surface area contributed by atoms with Crippen molar-refractivity contribution in [2.75, 3.05) is 21.3 Å². The van der Waals surface area contributed by atoms with E-state index in [1.165, 1.54) is 0 Å². The van der Waals surface area contributed by atoms with Gasteiger partial charge in [-0.25, -0.2) is 0 Å². The Morgan fingerprint density at radius 1 is 0.625 bits per heavy atom. The molecule has 0 saturated heterocycles. The second-order valence-electron chi connectivity index (χ2n) is 0. The summed E-state index contributed by atoms with van der Waals surface area (Å²) in [5.74, 6) is 0. The van der Waals surface area contributed by atoms with Gasteiger partial charge in [-0.1, -0.05) is 0 Å². The van der Waals surface area contributed by atoms with Gasteiger partial charge in [0, 0.05) is 40.8 Å². The normalized spacial score (nSPS) is 2.25. The SMILES string of the molecule is CO.CO.CO.[Ru].[SiH4]. The van der Waals surface area contributed by atoms with E-state index in [0.29, 0.717) is 0 Å². The monoisotopic (exact) mass is 230 g/mol. The van der Waals surface area contributed by atoms with Crippen molar-refractivity contribution in [2.45, 2.75) is 0 Å². The van der Waals surface area contributed by atoms with Gasteiger partial charge in [0.1, 0.15) is 0 Å². The second kappa shape index (κ2) is 672. The molecular formula is C3H16O3RuSi. The van der Waals surface area contributed by atoms with Gasteiger partial charge in [-0.05, 0) is 11.0 Å². The minimum absolute atomic E-state index is 0. The van der Waals surface area contributed by atoms with Crippen molar-refractivity contribution in [2.24, 2.45) is 0 Å². The van der Waals surface area contributed by atoms with Crippen LogP contribution in [0.4, 0.5) is 0 Å². The average molecular weight is 229 g/mol. The van der Waals surface area contributed by atoms with Crippen LogP contribution in [0.25, 0.3) is 0 Å². The Morgan fingerprint density at radius 3 is 0.625 bits per heavy atom. The molecule has 0 aliphatic carbocycles. The number of hydrogen-bond donors (Lipinski definition) is 3. The molecule has 0 aromatic carbocycles. The van der Waals surface area contributed by atoms with Gasteiger partial charge in [-0.2, -0.15) is 0 Å². The van der Waals surface area contributed by atoms with Crippen molar-refractivity contribution in [1.82, 2.24) is 0 Å². The quantitative estimate of drug-likeness (QED) is 0.398. The zero-order chi connectivity index (χ0) is 6.00. The van der Waals surface area contributed by atoms with E-state index in [9.17, 15) is 0 Å². The molecule has 0 saturated carbocycles. The molecule has 0 aromatic heterocycles. The maximum atomic E-state index is 7.00. The molecule has 5 heteroatoms. The molecule has 0 bridgehead atoms. The molecule has 0 amide bonds. The number of hydrogen-bond acceptors (Lipinski definition) is 3. The smallest absolute Gasteiger partial charge is 0.0319 e. The Morgan fingerprint density at radius 2 is 0.625 bits per heavy atom. The summed E-state index contributed by atoms with van der Waals surface area (Å²) in [6.07, 6.45) is 0. The predicted octanol–water partition coefficient (Wildman–Crippen LogP) is -2.63. The van der Waals surface area contributed by atoms with Gasteiger partial charge in [-0.3, -0.25) is 0 Å². The fourth-order valence-electron chi connectivity index (χ4n) is 0. The summed E-state index contributed by atoms with van der Waals surface area (Å²) in [5, 5.41) is 21.0. The molecule has 3 nitrogen and oxygen atoms in total. The van der Waals surface area contributed by atoms with Crippen molar-refractivity contribution in [3.05, 3.63) is 0 Å². The third-order valence-corrected chi connectivity index (χ3v) is 0. The molecule has 0 unspecified atom stereocenters. The molecule has 0 aromatic rings. The van der Waals surface area contributed by atoms with Gasteiger partial charge >= 0.3 is 0 Å². The van der Waals surface area contributed by atoms with E-state index in [0.717, 1.165) is 21.3 Å². The first-order valence-electron chi connectivity index (χ1n) is 1.34. The minimum atomic E-state index is 0. The fourth-order valence-corrected chi connectivity index (χ4v) is 0. The van der Waals surface area contributed by atoms with Crippen LogP contribution in [0.5, 0.6) is 0 Å². The summed E-state index contributed by atoms with van der Waals surface area (Å²) >= 11 is 0. The van der Waals surface area contributed by atoms with Crippen LogP contribution in [-0.4, -0.2) is 47.6 Å². The molecule has 0 aliphatic rings. The Labute approximate surface area is 67.5 Å². The molecule has 3 N–H and O–H groups in total. The molecule has 0 fully saturated rings. The topological polar surface area (TPSA) is 60.7 Å². The number of aliphatic hydroxyl groups excluding tert-OH is 3. The van der Waals surface area contributed by atoms with Crippen LogP contribution in [0, 0.1) is 0 Å². The third kappa shape index (κ3) is 424. The van der Waals surface area contributed by atoms with Gasteiger partial charge in [0.25, 0.3) is 0 Å². The summed E-state index contributed by atoms with van der Waals surface area (Å²) in [5.41, 5.74) is 0. The Bertz CT molecular complexity index is 14.5. The van der Waals surface area contributed by atoms with E-state index in [1.54, 1.807) is 0 Å². The summed E-state index contributed by atoms with van der Waals surface area (Å²) in [6, 6.07) is 0. The van der Waals surface area contributed by atoms with E-state index in [2.05, 4.69) is 0 Å². The van der Waals surface area contributed by atoms with Crippen LogP contribution < -0.4 is 0 Å². The number of rotatable bonds is 0. The van der Waals surface area contributed by atoms with E-state index in [1.807, 2.05) is 0 Å². The Kier molecular flexibility index (Phi) is 3150. The largest absolute Gasteiger partial charge is 0.400 e. The van der Waals surface area contributed by atoms with E-state index in [4.69, 9.17) is 15.3 Å². The summed E-state index contributed by atoms with van der Waals surface area (Å²) in [4.78, 5) is 0. The van der Waals surface area contributed by atoms with Gasteiger partial charge < -0.3 is 15.3 Å². The first kappa shape index (κ1) is 37.6. The number of aliphatic hydroxyl groups is 3. The predicted molar refractivity (Wildman–Crippen MR) is 35.8 cm³/mol. The molecular weight excluding hydrogens is 213 g/mol. The van der Waals surface area contributed by atoms with Crippen molar-refractivity contribution in [3.8, 4) is 0 Å². The first-order valence-corrected chi connectivity index (χ1v) is 1.34. The van der Waals surface area contributed by atoms with Crippen LogP contribution in [-0.2, 0) is 19.5 Å². The Balaban J connectivity index is -0.00000000500. The molecule has 58 valence electrons. The van der Waals surface area contributed by atoms with Crippen LogP contribution in [0.3, 0.4) is 0 Å². The van der Waals surface area contributed by atoms with Crippen LogP contribution in [0.15, 0.2) is 0 Å². The standard InChI is InChI=1S/3CH4O.Ru.H4Si/c3*1-2;;/h3*2H,1H3;;1H4. The van der Waals surface area contributed by atoms with Crippen molar-refractivity contribution in [1.29, 1.82) is 0 Å². The summed E-state index contributed by atoms with van der Waals surface area (Å²) < 4.78 is 0. The molecule has 0 atom stereocenters. The third-order valence-electron chi connectivity index (χ3n) is 0. The zero-order valence-electron chi connectivity index (χ0n) is 4.70. The molecule has 0 heterocycles. The fraction of sp³-hybridized carbons (Fsp3) is 1.00. The van der Waals surface area contributed by atoms with E-state index in [-0.39, 0.29) is 30.4 Å². The first-order chi connectivity index (χ1) is 3.00. The van der Waals surface area contributed by atoms with Gasteiger partial charge in [0.05, 0.1) is 0 Å². The van der Waals surface area contributed by atoms with Gasteiger partial charge in [0.15, 0.2) is 0 Å². The second-order valence-corrected chi connectivity index (χ2v) is 0. The molecule has 0 aliphatic heterocycles. The van der Waals surface area contributed by atoms with Crippen LogP contribution in [0.2, 0.25) is 0 Å². The maximum Gasteiger partial charge on any atom is 0.0319 e. The molecule has 0 spiro atoms. The maximum absolute atomic E-state index is 7.00. The van der Waals surface area contributed by atoms with E-state index < -0.39 is 0 Å². The molecule has 0 radical (unpaired) electrons. The van der Waals surface area contributed by atoms with Crippen molar-refractivity contribution in [3.63, 3.8) is 0 Å². The van der Waals surface area contributed by atoms with E-state index >= 15 is 0 Å².